The van der Waals surface area contributed by atoms with Crippen LogP contribution in [-0.2, 0) is 9.84 Å². The van der Waals surface area contributed by atoms with Crippen molar-refractivity contribution in [3.8, 4) is 0 Å². The molecule has 0 bridgehead atoms. The van der Waals surface area contributed by atoms with Crippen molar-refractivity contribution in [2.24, 2.45) is 0 Å². The van der Waals surface area contributed by atoms with Crippen molar-refractivity contribution in [1.82, 2.24) is 9.88 Å². The van der Waals surface area contributed by atoms with Crippen LogP contribution in [-0.4, -0.2) is 36.4 Å². The molecule has 0 atom stereocenters. The molecule has 2 aliphatic rings. The van der Waals surface area contributed by atoms with Gasteiger partial charge in [-0.1, -0.05) is 56.4 Å². The van der Waals surface area contributed by atoms with Crippen molar-refractivity contribution >= 4 is 32.3 Å². The smallest absolute Gasteiger partial charge is 0.319 e. The zero-order chi connectivity index (χ0) is 19.4. The molecule has 2 saturated carbocycles. The summed E-state index contributed by atoms with van der Waals surface area (Å²) in [5, 5.41) is 4.16. The molecule has 6 nitrogen and oxygen atoms in total. The molecule has 8 heteroatoms. The van der Waals surface area contributed by atoms with Crippen molar-refractivity contribution in [2.45, 2.75) is 87.4 Å². The van der Waals surface area contributed by atoms with Crippen LogP contribution in [0, 0.1) is 6.92 Å². The first-order valence-corrected chi connectivity index (χ1v) is 12.2. The normalized spacial score (nSPS) is 19.6. The zero-order valence-electron chi connectivity index (χ0n) is 15.9. The Bertz CT molecular complexity index is 758. The lowest BCUT2D eigenvalue weighted by Crippen LogP contribution is -2.50. The summed E-state index contributed by atoms with van der Waals surface area (Å²) < 4.78 is 24.3. The van der Waals surface area contributed by atoms with Gasteiger partial charge >= 0.3 is 6.03 Å². The molecular weight excluding hydrogens is 382 g/mol. The molecule has 1 aromatic rings. The molecule has 1 aromatic heterocycles. The van der Waals surface area contributed by atoms with Crippen molar-refractivity contribution in [2.75, 3.05) is 5.32 Å². The highest BCUT2D eigenvalue weighted by atomic mass is 32.2. The van der Waals surface area contributed by atoms with E-state index >= 15 is 0 Å². The number of aryl methyl sites for hydroxylation is 1. The molecule has 0 spiro atoms. The van der Waals surface area contributed by atoms with Crippen molar-refractivity contribution in [1.29, 1.82) is 0 Å². The Labute approximate surface area is 166 Å². The topological polar surface area (TPSA) is 79.4 Å². The monoisotopic (exact) mass is 411 g/mol. The fraction of sp³-hybridized carbons (Fsp3) is 0.684. The molecule has 2 aliphatic carbocycles. The average molecular weight is 412 g/mol. The van der Waals surface area contributed by atoms with Gasteiger partial charge in [0.15, 0.2) is 5.13 Å². The van der Waals surface area contributed by atoms with Crippen LogP contribution in [0.2, 0.25) is 0 Å². The highest BCUT2D eigenvalue weighted by Crippen LogP contribution is 2.32. The predicted molar refractivity (Wildman–Crippen MR) is 109 cm³/mol. The first kappa shape index (κ1) is 20.3. The molecule has 0 radical (unpaired) electrons. The Morgan fingerprint density at radius 3 is 2.11 bits per heavy atom. The molecular formula is C19H29N3O3S2. The summed E-state index contributed by atoms with van der Waals surface area (Å²) >= 11 is 1.00. The van der Waals surface area contributed by atoms with E-state index in [1.165, 1.54) is 38.5 Å². The molecule has 1 heterocycles. The van der Waals surface area contributed by atoms with Crippen LogP contribution in [0.15, 0.2) is 16.2 Å². The predicted octanol–water partition coefficient (Wildman–Crippen LogP) is 4.87. The summed E-state index contributed by atoms with van der Waals surface area (Å²) in [5.41, 5.74) is 0.400. The minimum Gasteiger partial charge on any atom is -0.319 e. The van der Waals surface area contributed by atoms with E-state index in [4.69, 9.17) is 0 Å². The van der Waals surface area contributed by atoms with Crippen LogP contribution < -0.4 is 5.32 Å². The second-order valence-corrected chi connectivity index (χ2v) is 10.6. The quantitative estimate of drug-likeness (QED) is 0.750. The number of urea groups is 1. The number of hydrogen-bond donors (Lipinski definition) is 1. The zero-order valence-corrected chi connectivity index (χ0v) is 17.6. The van der Waals surface area contributed by atoms with Gasteiger partial charge in [0, 0.05) is 17.5 Å². The van der Waals surface area contributed by atoms with E-state index in [1.807, 2.05) is 0 Å². The van der Waals surface area contributed by atoms with E-state index in [1.54, 1.807) is 6.92 Å². The Hall–Kier alpha value is -1.41. The van der Waals surface area contributed by atoms with Crippen molar-refractivity contribution < 1.29 is 13.2 Å². The van der Waals surface area contributed by atoms with E-state index in [-0.39, 0.29) is 22.3 Å². The maximum Gasteiger partial charge on any atom is 0.324 e. The third-order valence-corrected chi connectivity index (χ3v) is 8.68. The van der Waals surface area contributed by atoms with Gasteiger partial charge in [0.25, 0.3) is 0 Å². The van der Waals surface area contributed by atoms with Gasteiger partial charge in [-0.15, -0.1) is 0 Å². The maximum atomic E-state index is 13.2. The summed E-state index contributed by atoms with van der Waals surface area (Å²) in [5.74, 6) is 0. The van der Waals surface area contributed by atoms with Crippen LogP contribution in [0.4, 0.5) is 9.93 Å². The maximum absolute atomic E-state index is 13.2. The van der Waals surface area contributed by atoms with Crippen LogP contribution >= 0.6 is 11.3 Å². The van der Waals surface area contributed by atoms with Crippen LogP contribution in [0.1, 0.15) is 69.9 Å². The Morgan fingerprint density at radius 1 is 1.11 bits per heavy atom. The SMILES string of the molecule is C=CS(=O)(=O)c1sc(NC(=O)N(C2CCCCC2)C2CCCCC2)nc1C. The van der Waals surface area contributed by atoms with Crippen LogP contribution in [0.3, 0.4) is 0 Å². The average Bonchev–Trinajstić information content (AvgIpc) is 3.04. The number of anilines is 1. The molecule has 2 amide bonds. The molecule has 0 aromatic carbocycles. The highest BCUT2D eigenvalue weighted by molar-refractivity contribution is 7.96. The van der Waals surface area contributed by atoms with Crippen LogP contribution in [0.25, 0.3) is 0 Å². The summed E-state index contributed by atoms with van der Waals surface area (Å²) in [4.78, 5) is 19.5. The Morgan fingerprint density at radius 2 is 1.63 bits per heavy atom. The van der Waals surface area contributed by atoms with Gasteiger partial charge in [-0.3, -0.25) is 5.32 Å². The van der Waals surface area contributed by atoms with Crippen molar-refractivity contribution in [3.05, 3.63) is 17.7 Å². The number of sulfone groups is 1. The fourth-order valence-electron chi connectivity index (χ4n) is 4.28. The molecule has 1 N–H and O–H groups in total. The van der Waals surface area contributed by atoms with Gasteiger partial charge in [-0.25, -0.2) is 18.2 Å². The summed E-state index contributed by atoms with van der Waals surface area (Å²) in [7, 11) is -3.55. The van der Waals surface area contributed by atoms with E-state index in [0.29, 0.717) is 10.8 Å². The van der Waals surface area contributed by atoms with Gasteiger partial charge in [-0.05, 0) is 32.6 Å². The minimum atomic E-state index is -3.55. The molecule has 3 rings (SSSR count). The van der Waals surface area contributed by atoms with Crippen molar-refractivity contribution in [3.63, 3.8) is 0 Å². The molecule has 27 heavy (non-hydrogen) atoms. The lowest BCUT2D eigenvalue weighted by molar-refractivity contribution is 0.114. The Kier molecular flexibility index (Phi) is 6.57. The molecule has 150 valence electrons. The molecule has 0 saturated heterocycles. The first-order chi connectivity index (χ1) is 12.9. The fourth-order valence-corrected chi connectivity index (χ4v) is 6.48. The van der Waals surface area contributed by atoms with E-state index in [9.17, 15) is 13.2 Å². The number of aromatic nitrogens is 1. The molecule has 0 unspecified atom stereocenters. The number of nitrogens with one attached hydrogen (secondary N) is 1. The van der Waals surface area contributed by atoms with Gasteiger partial charge < -0.3 is 4.90 Å². The molecule has 0 aliphatic heterocycles. The second-order valence-electron chi connectivity index (χ2n) is 7.52. The largest absolute Gasteiger partial charge is 0.324 e. The number of amides is 2. The number of carbonyl (C=O) groups is 1. The number of thiazole rings is 1. The van der Waals surface area contributed by atoms with Gasteiger partial charge in [0.2, 0.25) is 9.84 Å². The Balaban J connectivity index is 1.79. The van der Waals surface area contributed by atoms with Gasteiger partial charge in [0.05, 0.1) is 5.69 Å². The third kappa shape index (κ3) is 4.71. The third-order valence-electron chi connectivity index (χ3n) is 5.62. The van der Waals surface area contributed by atoms with E-state index in [2.05, 4.69) is 21.8 Å². The number of rotatable bonds is 5. The van der Waals surface area contributed by atoms with Crippen LogP contribution in [0.5, 0.6) is 0 Å². The molecule has 2 fully saturated rings. The van der Waals surface area contributed by atoms with Gasteiger partial charge in [-0.2, -0.15) is 0 Å². The number of carbonyl (C=O) groups excluding carboxylic acids is 1. The lowest BCUT2D eigenvalue weighted by Gasteiger charge is -2.41. The summed E-state index contributed by atoms with van der Waals surface area (Å²) in [6.07, 6.45) is 11.4. The lowest BCUT2D eigenvalue weighted by atomic mass is 9.89. The first-order valence-electron chi connectivity index (χ1n) is 9.86. The van der Waals surface area contributed by atoms with E-state index in [0.717, 1.165) is 42.4 Å². The summed E-state index contributed by atoms with van der Waals surface area (Å²) in [6.45, 7) is 5.01. The second kappa shape index (κ2) is 8.73. The number of hydrogen-bond acceptors (Lipinski definition) is 5. The minimum absolute atomic E-state index is 0.134. The standard InChI is InChI=1S/C19H29N3O3S2/c1-3-27(24,25)17-14(2)20-18(26-17)21-19(23)22(15-10-6-4-7-11-15)16-12-8-5-9-13-16/h3,15-16H,1,4-13H2,2H3,(H,20,21,23). The summed E-state index contributed by atoms with van der Waals surface area (Å²) in [6, 6.07) is 0.420. The van der Waals surface area contributed by atoms with Gasteiger partial charge in [0.1, 0.15) is 4.21 Å². The number of nitrogens with zero attached hydrogens (tertiary/aromatic N) is 2. The van der Waals surface area contributed by atoms with E-state index < -0.39 is 9.84 Å². The highest BCUT2D eigenvalue weighted by Gasteiger charge is 2.33.